The number of methoxy groups -OCH3 is 1. The Bertz CT molecular complexity index is 903. The molecule has 3 amide bonds. The van der Waals surface area contributed by atoms with Crippen molar-refractivity contribution in [2.24, 2.45) is 0 Å². The summed E-state index contributed by atoms with van der Waals surface area (Å²) in [5.41, 5.74) is 1.79. The van der Waals surface area contributed by atoms with Crippen molar-refractivity contribution in [2.45, 2.75) is 19.0 Å². The largest absolute Gasteiger partial charge is 0.497 e. The minimum absolute atomic E-state index is 0.225. The summed E-state index contributed by atoms with van der Waals surface area (Å²) < 4.78 is 24.1. The van der Waals surface area contributed by atoms with Gasteiger partial charge in [-0.15, -0.1) is 0 Å². The normalized spacial score (nSPS) is 18.5. The molecule has 2 aliphatic rings. The van der Waals surface area contributed by atoms with Crippen LogP contribution in [0, 0.1) is 5.82 Å². The van der Waals surface area contributed by atoms with Crippen molar-refractivity contribution >= 4 is 23.5 Å². The summed E-state index contributed by atoms with van der Waals surface area (Å²) in [6, 6.07) is 10.8. The van der Waals surface area contributed by atoms with E-state index in [9.17, 15) is 14.0 Å². The van der Waals surface area contributed by atoms with Crippen molar-refractivity contribution < 1.29 is 23.5 Å². The van der Waals surface area contributed by atoms with Crippen LogP contribution in [0.4, 0.5) is 25.4 Å². The Morgan fingerprint density at radius 2 is 2.04 bits per heavy atom. The summed E-state index contributed by atoms with van der Waals surface area (Å²) in [5, 5.41) is 2.87. The van der Waals surface area contributed by atoms with Crippen molar-refractivity contribution in [3.05, 3.63) is 53.8 Å². The first kappa shape index (κ1) is 18.1. The highest BCUT2D eigenvalue weighted by Crippen LogP contribution is 2.32. The summed E-state index contributed by atoms with van der Waals surface area (Å²) in [6.45, 7) is 0.924. The lowest BCUT2D eigenvalue weighted by Gasteiger charge is -2.32. The van der Waals surface area contributed by atoms with Gasteiger partial charge in [-0.05, 0) is 48.4 Å². The Labute approximate surface area is 161 Å². The van der Waals surface area contributed by atoms with E-state index in [0.29, 0.717) is 35.7 Å². The summed E-state index contributed by atoms with van der Waals surface area (Å²) in [6.07, 6.45) is 0.0607. The number of amides is 3. The predicted molar refractivity (Wildman–Crippen MR) is 101 cm³/mol. The number of hydrogen-bond acceptors (Lipinski definition) is 4. The van der Waals surface area contributed by atoms with Gasteiger partial charge >= 0.3 is 12.1 Å². The van der Waals surface area contributed by atoms with Gasteiger partial charge in [-0.2, -0.15) is 0 Å². The molecule has 0 unspecified atom stereocenters. The van der Waals surface area contributed by atoms with Gasteiger partial charge in [-0.25, -0.2) is 14.0 Å². The van der Waals surface area contributed by atoms with Gasteiger partial charge in [0.25, 0.3) is 0 Å². The molecule has 4 rings (SSSR count). The molecule has 0 aliphatic carbocycles. The van der Waals surface area contributed by atoms with Crippen LogP contribution >= 0.6 is 0 Å². The fourth-order valence-corrected chi connectivity index (χ4v) is 3.50. The molecular formula is C20H20FN3O4. The van der Waals surface area contributed by atoms with Crippen LogP contribution in [0.2, 0.25) is 0 Å². The smallest absolute Gasteiger partial charge is 0.414 e. The van der Waals surface area contributed by atoms with Crippen molar-refractivity contribution in [3.63, 3.8) is 0 Å². The van der Waals surface area contributed by atoms with Crippen LogP contribution in [0.3, 0.4) is 0 Å². The molecule has 28 heavy (non-hydrogen) atoms. The first-order valence-corrected chi connectivity index (χ1v) is 8.99. The van der Waals surface area contributed by atoms with Crippen LogP contribution < -0.4 is 15.0 Å². The molecule has 7 nitrogen and oxygen atoms in total. The highest BCUT2D eigenvalue weighted by molar-refractivity contribution is 5.92. The lowest BCUT2D eigenvalue weighted by Crippen LogP contribution is -2.43. The van der Waals surface area contributed by atoms with E-state index in [1.807, 2.05) is 0 Å². The van der Waals surface area contributed by atoms with E-state index in [-0.39, 0.29) is 25.2 Å². The summed E-state index contributed by atoms with van der Waals surface area (Å²) in [7, 11) is 1.58. The minimum atomic E-state index is -0.479. The highest BCUT2D eigenvalue weighted by atomic mass is 19.1. The number of ether oxygens (including phenoxy) is 2. The molecule has 2 heterocycles. The maximum Gasteiger partial charge on any atom is 0.414 e. The van der Waals surface area contributed by atoms with Gasteiger partial charge < -0.3 is 19.7 Å². The number of cyclic esters (lactones) is 1. The van der Waals surface area contributed by atoms with Gasteiger partial charge in [0, 0.05) is 18.8 Å². The number of anilines is 2. The molecule has 1 fully saturated rings. The summed E-state index contributed by atoms with van der Waals surface area (Å²) in [5.74, 6) is 0.262. The number of halogens is 1. The number of urea groups is 1. The van der Waals surface area contributed by atoms with E-state index in [4.69, 9.17) is 9.47 Å². The second kappa shape index (κ2) is 7.38. The topological polar surface area (TPSA) is 71.1 Å². The predicted octanol–water partition coefficient (Wildman–Crippen LogP) is 3.60. The Hall–Kier alpha value is -3.29. The molecule has 2 aromatic rings. The highest BCUT2D eigenvalue weighted by Gasteiger charge is 2.37. The summed E-state index contributed by atoms with van der Waals surface area (Å²) >= 11 is 0. The molecule has 0 saturated carbocycles. The Kier molecular flexibility index (Phi) is 4.77. The molecular weight excluding hydrogens is 365 g/mol. The second-order valence-corrected chi connectivity index (χ2v) is 6.74. The Morgan fingerprint density at radius 1 is 1.25 bits per heavy atom. The van der Waals surface area contributed by atoms with Crippen molar-refractivity contribution in [1.29, 1.82) is 0 Å². The van der Waals surface area contributed by atoms with Gasteiger partial charge in [0.1, 0.15) is 18.2 Å². The zero-order valence-corrected chi connectivity index (χ0v) is 15.4. The fourth-order valence-electron chi connectivity index (χ4n) is 3.50. The van der Waals surface area contributed by atoms with Crippen molar-refractivity contribution in [3.8, 4) is 5.75 Å². The first-order valence-electron chi connectivity index (χ1n) is 8.99. The molecule has 1 atom stereocenters. The third-order valence-corrected chi connectivity index (χ3v) is 4.99. The lowest BCUT2D eigenvalue weighted by molar-refractivity contribution is 0.177. The monoisotopic (exact) mass is 385 g/mol. The molecule has 2 aromatic carbocycles. The molecule has 8 heteroatoms. The molecule has 2 aliphatic heterocycles. The zero-order chi connectivity index (χ0) is 19.7. The summed E-state index contributed by atoms with van der Waals surface area (Å²) in [4.78, 5) is 28.1. The molecule has 0 bridgehead atoms. The van der Waals surface area contributed by atoms with Gasteiger partial charge in [0.05, 0.1) is 18.8 Å². The third kappa shape index (κ3) is 3.45. The number of carbonyl (C=O) groups is 2. The van der Waals surface area contributed by atoms with Gasteiger partial charge in [-0.1, -0.05) is 6.07 Å². The zero-order valence-electron chi connectivity index (χ0n) is 15.4. The van der Waals surface area contributed by atoms with E-state index < -0.39 is 11.9 Å². The first-order chi connectivity index (χ1) is 13.5. The number of nitrogens with zero attached hydrogens (tertiary/aromatic N) is 2. The Balaban J connectivity index is 1.58. The second-order valence-electron chi connectivity index (χ2n) is 6.74. The van der Waals surface area contributed by atoms with Crippen LogP contribution in [-0.2, 0) is 11.3 Å². The van der Waals surface area contributed by atoms with Gasteiger partial charge in [0.15, 0.2) is 0 Å². The number of rotatable bonds is 2. The number of carbonyl (C=O) groups excluding carboxylic acids is 2. The van der Waals surface area contributed by atoms with E-state index in [0.717, 1.165) is 0 Å². The maximum absolute atomic E-state index is 13.8. The van der Waals surface area contributed by atoms with E-state index >= 15 is 0 Å². The number of benzene rings is 2. The average Bonchev–Trinajstić information content (AvgIpc) is 3.04. The number of nitrogens with one attached hydrogen (secondary N) is 1. The Morgan fingerprint density at radius 3 is 2.79 bits per heavy atom. The molecule has 146 valence electrons. The standard InChI is InChI=1S/C20H20FN3O4/c1-27-17-6-4-15(5-7-17)22-19(25)23-9-8-16-12-28-20(26)24(16)18-10-14(21)3-2-13(18)11-23/h2-7,10,16H,8-9,11-12H2,1H3,(H,22,25)/t16-/m0/s1. The van der Waals surface area contributed by atoms with Crippen LogP contribution in [0.5, 0.6) is 5.75 Å². The number of hydrogen-bond donors (Lipinski definition) is 1. The van der Waals surface area contributed by atoms with Gasteiger partial charge in [-0.3, -0.25) is 4.90 Å². The average molecular weight is 385 g/mol. The molecule has 0 spiro atoms. The van der Waals surface area contributed by atoms with E-state index in [1.54, 1.807) is 42.3 Å². The molecule has 1 saturated heterocycles. The van der Waals surface area contributed by atoms with E-state index in [2.05, 4.69) is 5.32 Å². The minimum Gasteiger partial charge on any atom is -0.497 e. The number of fused-ring (bicyclic) bond motifs is 3. The van der Waals surface area contributed by atoms with Crippen LogP contribution in [0.1, 0.15) is 12.0 Å². The molecule has 1 N–H and O–H groups in total. The fraction of sp³-hybridized carbons (Fsp3) is 0.300. The van der Waals surface area contributed by atoms with Crippen molar-refractivity contribution in [1.82, 2.24) is 4.90 Å². The maximum atomic E-state index is 13.8. The SMILES string of the molecule is COc1ccc(NC(=O)N2CC[C@H]3COC(=O)N3c3cc(F)ccc3C2)cc1. The molecule has 0 radical (unpaired) electrons. The van der Waals surface area contributed by atoms with E-state index in [1.165, 1.54) is 17.0 Å². The van der Waals surface area contributed by atoms with Crippen molar-refractivity contribution in [2.75, 3.05) is 30.5 Å². The molecule has 0 aromatic heterocycles. The van der Waals surface area contributed by atoms with Crippen LogP contribution in [-0.4, -0.2) is 43.3 Å². The van der Waals surface area contributed by atoms with Crippen LogP contribution in [0.25, 0.3) is 0 Å². The third-order valence-electron chi connectivity index (χ3n) is 4.99. The van der Waals surface area contributed by atoms with Gasteiger partial charge in [0.2, 0.25) is 0 Å². The quantitative estimate of drug-likeness (QED) is 0.858. The lowest BCUT2D eigenvalue weighted by atomic mass is 10.1. The van der Waals surface area contributed by atoms with Crippen LogP contribution in [0.15, 0.2) is 42.5 Å².